The van der Waals surface area contributed by atoms with Gasteiger partial charge in [0, 0.05) is 6.61 Å². The summed E-state index contributed by atoms with van der Waals surface area (Å²) in [6, 6.07) is 0. The first-order valence-corrected chi connectivity index (χ1v) is 2.89. The van der Waals surface area contributed by atoms with Gasteiger partial charge in [-0.1, -0.05) is 19.8 Å². The van der Waals surface area contributed by atoms with Crippen molar-refractivity contribution in [3.63, 3.8) is 0 Å². The number of ether oxygens (including phenoxy) is 1. The Morgan fingerprint density at radius 2 is 2.12 bits per heavy atom. The van der Waals surface area contributed by atoms with Gasteiger partial charge in [-0.2, -0.15) is 0 Å². The van der Waals surface area contributed by atoms with E-state index >= 15 is 0 Å². The molecular formula is C6H13O2. The second-order valence-electron chi connectivity index (χ2n) is 1.60. The fraction of sp³-hybridized carbons (Fsp3) is 0.833. The highest BCUT2D eigenvalue weighted by atomic mass is 16.6. The van der Waals surface area contributed by atoms with Gasteiger partial charge in [-0.15, -0.1) is 0 Å². The van der Waals surface area contributed by atoms with E-state index in [0.717, 1.165) is 19.3 Å². The van der Waals surface area contributed by atoms with Crippen LogP contribution < -0.4 is 0 Å². The molecule has 0 fully saturated rings. The fourth-order valence-corrected chi connectivity index (χ4v) is 0.445. The van der Waals surface area contributed by atoms with Crippen molar-refractivity contribution in [2.45, 2.75) is 19.3 Å². The van der Waals surface area contributed by atoms with Crippen LogP contribution in [0, 0.1) is 6.92 Å². The molecule has 0 amide bonds. The number of hydrogen-bond acceptors (Lipinski definition) is 2. The third-order valence-corrected chi connectivity index (χ3v) is 0.880. The van der Waals surface area contributed by atoms with Crippen LogP contribution in [0.3, 0.4) is 0 Å². The molecule has 0 aromatic heterocycles. The Morgan fingerprint density at radius 1 is 1.38 bits per heavy atom. The molecule has 0 atom stereocenters. The van der Waals surface area contributed by atoms with E-state index in [4.69, 9.17) is 5.11 Å². The average molecular weight is 117 g/mol. The standard InChI is InChI=1S/C6H13O2/c1-2-3-4-5-8-6-7/h7H,1-6H2. The van der Waals surface area contributed by atoms with E-state index in [1.807, 2.05) is 0 Å². The van der Waals surface area contributed by atoms with Gasteiger partial charge in [-0.3, -0.25) is 0 Å². The van der Waals surface area contributed by atoms with Gasteiger partial charge < -0.3 is 9.84 Å². The number of aliphatic hydroxyl groups is 1. The molecule has 0 aliphatic heterocycles. The van der Waals surface area contributed by atoms with Crippen molar-refractivity contribution in [1.29, 1.82) is 0 Å². The molecule has 8 heavy (non-hydrogen) atoms. The number of unbranched alkanes of at least 4 members (excludes halogenated alkanes) is 2. The molecule has 0 heterocycles. The maximum absolute atomic E-state index is 8.13. The minimum absolute atomic E-state index is 0.156. The number of hydrogen-bond donors (Lipinski definition) is 1. The molecule has 0 aromatic carbocycles. The lowest BCUT2D eigenvalue weighted by Crippen LogP contribution is -1.94. The summed E-state index contributed by atoms with van der Waals surface area (Å²) >= 11 is 0. The lowest BCUT2D eigenvalue weighted by molar-refractivity contribution is -0.00262. The molecule has 2 nitrogen and oxygen atoms in total. The summed E-state index contributed by atoms with van der Waals surface area (Å²) in [6.07, 6.45) is 3.04. The third kappa shape index (κ3) is 5.92. The second-order valence-corrected chi connectivity index (χ2v) is 1.60. The smallest absolute Gasteiger partial charge is 0.143 e. The van der Waals surface area contributed by atoms with Gasteiger partial charge in [0.05, 0.1) is 0 Å². The van der Waals surface area contributed by atoms with Crippen LogP contribution in [0.1, 0.15) is 19.3 Å². The van der Waals surface area contributed by atoms with Crippen LogP contribution in [-0.4, -0.2) is 18.5 Å². The average Bonchev–Trinajstić information content (AvgIpc) is 1.81. The van der Waals surface area contributed by atoms with E-state index in [1.165, 1.54) is 0 Å². The van der Waals surface area contributed by atoms with E-state index < -0.39 is 0 Å². The molecule has 0 saturated carbocycles. The minimum Gasteiger partial charge on any atom is -0.371 e. The number of aliphatic hydroxyl groups excluding tert-OH is 1. The van der Waals surface area contributed by atoms with E-state index in [0.29, 0.717) is 6.61 Å². The fourth-order valence-electron chi connectivity index (χ4n) is 0.445. The summed E-state index contributed by atoms with van der Waals surface area (Å²) in [7, 11) is 0. The van der Waals surface area contributed by atoms with Crippen LogP contribution in [0.25, 0.3) is 0 Å². The normalized spacial score (nSPS) is 9.75. The molecule has 0 unspecified atom stereocenters. The summed E-state index contributed by atoms with van der Waals surface area (Å²) in [5.74, 6) is 0. The molecule has 0 aliphatic carbocycles. The molecule has 0 bridgehead atoms. The molecule has 0 aliphatic rings. The SMILES string of the molecule is [CH2]CCCCOCO. The topological polar surface area (TPSA) is 29.5 Å². The predicted molar refractivity (Wildman–Crippen MR) is 32.2 cm³/mol. The van der Waals surface area contributed by atoms with Crippen LogP contribution in [0.5, 0.6) is 0 Å². The molecule has 1 radical (unpaired) electrons. The van der Waals surface area contributed by atoms with Crippen LogP contribution in [-0.2, 0) is 4.74 Å². The molecule has 0 saturated heterocycles. The first-order chi connectivity index (χ1) is 3.91. The summed E-state index contributed by atoms with van der Waals surface area (Å²) in [5.41, 5.74) is 0. The summed E-state index contributed by atoms with van der Waals surface area (Å²) < 4.78 is 4.66. The Bertz CT molecular complexity index is 31.5. The molecule has 0 aromatic rings. The Hall–Kier alpha value is -0.0800. The van der Waals surface area contributed by atoms with Crippen molar-refractivity contribution < 1.29 is 9.84 Å². The lowest BCUT2D eigenvalue weighted by Gasteiger charge is -1.96. The molecule has 49 valence electrons. The van der Waals surface area contributed by atoms with Crippen molar-refractivity contribution in [1.82, 2.24) is 0 Å². The monoisotopic (exact) mass is 117 g/mol. The highest BCUT2D eigenvalue weighted by Crippen LogP contribution is 1.92. The Labute approximate surface area is 50.5 Å². The summed E-state index contributed by atoms with van der Waals surface area (Å²) in [5, 5.41) is 8.13. The van der Waals surface area contributed by atoms with Gasteiger partial charge in [0.15, 0.2) is 0 Å². The summed E-state index contributed by atoms with van der Waals surface area (Å²) in [4.78, 5) is 0. The maximum Gasteiger partial charge on any atom is 0.143 e. The quantitative estimate of drug-likeness (QED) is 0.429. The Morgan fingerprint density at radius 3 is 2.62 bits per heavy atom. The van der Waals surface area contributed by atoms with Gasteiger partial charge in [0.25, 0.3) is 0 Å². The first-order valence-electron chi connectivity index (χ1n) is 2.89. The van der Waals surface area contributed by atoms with Gasteiger partial charge in [0.1, 0.15) is 6.79 Å². The van der Waals surface area contributed by atoms with Crippen LogP contribution >= 0.6 is 0 Å². The van der Waals surface area contributed by atoms with E-state index in [-0.39, 0.29) is 6.79 Å². The lowest BCUT2D eigenvalue weighted by atomic mass is 10.3. The van der Waals surface area contributed by atoms with Gasteiger partial charge in [-0.25, -0.2) is 0 Å². The van der Waals surface area contributed by atoms with Gasteiger partial charge in [0.2, 0.25) is 0 Å². The van der Waals surface area contributed by atoms with Crippen molar-refractivity contribution >= 4 is 0 Å². The molecule has 0 rings (SSSR count). The zero-order chi connectivity index (χ0) is 6.24. The second kappa shape index (κ2) is 6.92. The third-order valence-electron chi connectivity index (χ3n) is 0.880. The van der Waals surface area contributed by atoms with Crippen molar-refractivity contribution in [3.05, 3.63) is 6.92 Å². The zero-order valence-electron chi connectivity index (χ0n) is 5.10. The minimum atomic E-state index is -0.156. The van der Waals surface area contributed by atoms with Crippen molar-refractivity contribution in [2.75, 3.05) is 13.4 Å². The largest absolute Gasteiger partial charge is 0.371 e. The first kappa shape index (κ1) is 7.92. The maximum atomic E-state index is 8.13. The summed E-state index contributed by atoms with van der Waals surface area (Å²) in [6.45, 7) is 4.17. The Balaban J connectivity index is 2.53. The van der Waals surface area contributed by atoms with Crippen molar-refractivity contribution in [2.24, 2.45) is 0 Å². The zero-order valence-corrected chi connectivity index (χ0v) is 5.10. The van der Waals surface area contributed by atoms with Crippen LogP contribution in [0.15, 0.2) is 0 Å². The Kier molecular flexibility index (Phi) is 6.85. The van der Waals surface area contributed by atoms with Gasteiger partial charge in [-0.05, 0) is 6.42 Å². The van der Waals surface area contributed by atoms with Crippen LogP contribution in [0.2, 0.25) is 0 Å². The molecule has 1 N–H and O–H groups in total. The predicted octanol–water partition coefficient (Wildman–Crippen LogP) is 0.957. The number of rotatable bonds is 5. The van der Waals surface area contributed by atoms with E-state index in [1.54, 1.807) is 0 Å². The molecular weight excluding hydrogens is 104 g/mol. The highest BCUT2D eigenvalue weighted by Gasteiger charge is 1.83. The van der Waals surface area contributed by atoms with Crippen molar-refractivity contribution in [3.8, 4) is 0 Å². The molecule has 2 heteroatoms. The highest BCUT2D eigenvalue weighted by molar-refractivity contribution is 4.40. The molecule has 0 spiro atoms. The van der Waals surface area contributed by atoms with Crippen LogP contribution in [0.4, 0.5) is 0 Å². The van der Waals surface area contributed by atoms with E-state index in [9.17, 15) is 0 Å². The van der Waals surface area contributed by atoms with Gasteiger partial charge >= 0.3 is 0 Å². The van der Waals surface area contributed by atoms with E-state index in [2.05, 4.69) is 11.7 Å².